The van der Waals surface area contributed by atoms with Crippen LogP contribution < -0.4 is 4.31 Å². The fraction of sp³-hybridized carbons (Fsp3) is 0.500. The fourth-order valence-electron chi connectivity index (χ4n) is 1.48. The van der Waals surface area contributed by atoms with E-state index in [1.807, 2.05) is 38.1 Å². The molecule has 0 radical (unpaired) electrons. The van der Waals surface area contributed by atoms with Gasteiger partial charge in [0.25, 0.3) is 0 Å². The van der Waals surface area contributed by atoms with Crippen LogP contribution in [0.5, 0.6) is 0 Å². The molecular weight excluding hydrogens is 222 g/mol. The predicted molar refractivity (Wildman–Crippen MR) is 66.9 cm³/mol. The Bertz CT molecular complexity index is 349. The summed E-state index contributed by atoms with van der Waals surface area (Å²) in [6.45, 7) is 6.59. The summed E-state index contributed by atoms with van der Waals surface area (Å²) < 4.78 is 23.6. The van der Waals surface area contributed by atoms with Crippen molar-refractivity contribution in [2.24, 2.45) is 5.92 Å². The zero-order chi connectivity index (χ0) is 12.1. The molecule has 1 aromatic rings. The summed E-state index contributed by atoms with van der Waals surface area (Å²) in [7, 11) is 0. The number of hydrogen-bond acceptors (Lipinski definition) is 2. The second-order valence-electron chi connectivity index (χ2n) is 4.19. The standard InChI is InChI=1S/C12H19NO2S/c1-4-11-5-7-12(8-6-11)13(16(14)15)9-10(2)3/h5-8,10H,4,9H2,1-3H3,(H,14,15)/p-1. The molecule has 0 aromatic heterocycles. The lowest BCUT2D eigenvalue weighted by molar-refractivity contribution is 0.524. The van der Waals surface area contributed by atoms with E-state index >= 15 is 0 Å². The highest BCUT2D eigenvalue weighted by molar-refractivity contribution is 7.80. The molecule has 0 fully saturated rings. The van der Waals surface area contributed by atoms with Crippen LogP contribution in [0.4, 0.5) is 5.69 Å². The second-order valence-corrected chi connectivity index (χ2v) is 5.07. The summed E-state index contributed by atoms with van der Waals surface area (Å²) in [5, 5.41) is 0. The summed E-state index contributed by atoms with van der Waals surface area (Å²) in [5.41, 5.74) is 1.95. The maximum absolute atomic E-state index is 11.1. The van der Waals surface area contributed by atoms with E-state index in [1.54, 1.807) is 0 Å². The van der Waals surface area contributed by atoms with E-state index in [0.29, 0.717) is 12.5 Å². The van der Waals surface area contributed by atoms with Crippen molar-refractivity contribution in [1.82, 2.24) is 0 Å². The molecule has 4 heteroatoms. The quantitative estimate of drug-likeness (QED) is 0.742. The molecule has 1 atom stereocenters. The smallest absolute Gasteiger partial charge is 0.0482 e. The van der Waals surface area contributed by atoms with Crippen LogP contribution in [0.25, 0.3) is 0 Å². The molecule has 90 valence electrons. The van der Waals surface area contributed by atoms with Crippen molar-refractivity contribution in [3.05, 3.63) is 29.8 Å². The van der Waals surface area contributed by atoms with Gasteiger partial charge in [-0.15, -0.1) is 0 Å². The molecule has 0 spiro atoms. The van der Waals surface area contributed by atoms with Crippen LogP contribution in [0.2, 0.25) is 0 Å². The van der Waals surface area contributed by atoms with Gasteiger partial charge in [0.15, 0.2) is 0 Å². The first-order chi connectivity index (χ1) is 7.54. The van der Waals surface area contributed by atoms with E-state index in [1.165, 1.54) is 9.87 Å². The number of anilines is 1. The fourth-order valence-corrected chi connectivity index (χ4v) is 2.20. The van der Waals surface area contributed by atoms with Gasteiger partial charge in [-0.25, -0.2) is 0 Å². The molecule has 1 rings (SSSR count). The molecule has 0 saturated carbocycles. The van der Waals surface area contributed by atoms with E-state index in [-0.39, 0.29) is 0 Å². The van der Waals surface area contributed by atoms with Gasteiger partial charge in [0.2, 0.25) is 0 Å². The van der Waals surface area contributed by atoms with Gasteiger partial charge in [-0.05, 0) is 30.0 Å². The van der Waals surface area contributed by atoms with Gasteiger partial charge in [0, 0.05) is 23.5 Å². The number of hydrogen-bond donors (Lipinski definition) is 0. The lowest BCUT2D eigenvalue weighted by atomic mass is 10.1. The van der Waals surface area contributed by atoms with Gasteiger partial charge in [-0.1, -0.05) is 32.9 Å². The molecule has 0 amide bonds. The van der Waals surface area contributed by atoms with Crippen LogP contribution in [0.15, 0.2) is 24.3 Å². The van der Waals surface area contributed by atoms with Crippen molar-refractivity contribution >= 4 is 17.0 Å². The highest BCUT2D eigenvalue weighted by atomic mass is 32.2. The third kappa shape index (κ3) is 3.61. The molecule has 0 N–H and O–H groups in total. The zero-order valence-electron chi connectivity index (χ0n) is 9.97. The molecule has 0 bridgehead atoms. The number of nitrogens with zero attached hydrogens (tertiary/aromatic N) is 1. The highest BCUT2D eigenvalue weighted by Gasteiger charge is 2.08. The van der Waals surface area contributed by atoms with Gasteiger partial charge in [0.1, 0.15) is 0 Å². The van der Waals surface area contributed by atoms with Crippen molar-refractivity contribution in [1.29, 1.82) is 0 Å². The Hall–Kier alpha value is -0.870. The van der Waals surface area contributed by atoms with Crippen molar-refractivity contribution in [3.63, 3.8) is 0 Å². The molecule has 1 unspecified atom stereocenters. The summed E-state index contributed by atoms with van der Waals surface area (Å²) >= 11 is -2.20. The molecule has 0 aliphatic heterocycles. The Morgan fingerprint density at radius 3 is 2.25 bits per heavy atom. The predicted octanol–water partition coefficient (Wildman–Crippen LogP) is 2.51. The van der Waals surface area contributed by atoms with Crippen LogP contribution in [0.1, 0.15) is 26.3 Å². The minimum atomic E-state index is -2.20. The third-order valence-electron chi connectivity index (χ3n) is 2.34. The summed E-state index contributed by atoms with van der Waals surface area (Å²) in [6.07, 6.45) is 0.963. The molecule has 0 saturated heterocycles. The van der Waals surface area contributed by atoms with E-state index in [9.17, 15) is 8.76 Å². The van der Waals surface area contributed by atoms with Crippen molar-refractivity contribution in [2.75, 3.05) is 10.8 Å². The van der Waals surface area contributed by atoms with E-state index < -0.39 is 11.3 Å². The Morgan fingerprint density at radius 1 is 1.31 bits per heavy atom. The van der Waals surface area contributed by atoms with E-state index in [0.717, 1.165) is 12.1 Å². The van der Waals surface area contributed by atoms with Crippen molar-refractivity contribution in [2.45, 2.75) is 27.2 Å². The van der Waals surface area contributed by atoms with Gasteiger partial charge in [0.05, 0.1) is 0 Å². The van der Waals surface area contributed by atoms with Gasteiger partial charge >= 0.3 is 0 Å². The maximum atomic E-state index is 11.1. The van der Waals surface area contributed by atoms with Crippen molar-refractivity contribution < 1.29 is 8.76 Å². The minimum Gasteiger partial charge on any atom is -0.755 e. The maximum Gasteiger partial charge on any atom is 0.0482 e. The molecule has 0 heterocycles. The summed E-state index contributed by atoms with van der Waals surface area (Å²) in [5.74, 6) is 0.309. The SMILES string of the molecule is CCc1ccc(N(CC(C)C)S(=O)[O-])cc1. The topological polar surface area (TPSA) is 43.4 Å². The van der Waals surface area contributed by atoms with E-state index in [2.05, 4.69) is 6.92 Å². The largest absolute Gasteiger partial charge is 0.755 e. The van der Waals surface area contributed by atoms with Crippen LogP contribution >= 0.6 is 0 Å². The molecule has 3 nitrogen and oxygen atoms in total. The molecule has 1 aromatic carbocycles. The molecule has 16 heavy (non-hydrogen) atoms. The Balaban J connectivity index is 2.88. The normalized spacial score (nSPS) is 12.8. The van der Waals surface area contributed by atoms with Gasteiger partial charge in [-0.2, -0.15) is 0 Å². The monoisotopic (exact) mass is 240 g/mol. The van der Waals surface area contributed by atoms with Crippen LogP contribution in [-0.4, -0.2) is 15.3 Å². The van der Waals surface area contributed by atoms with Gasteiger partial charge < -0.3 is 8.86 Å². The average Bonchev–Trinajstić information content (AvgIpc) is 2.25. The Labute approximate surface area is 99.9 Å². The van der Waals surface area contributed by atoms with E-state index in [4.69, 9.17) is 0 Å². The molecule has 0 aliphatic carbocycles. The van der Waals surface area contributed by atoms with Gasteiger partial charge in [-0.3, -0.25) is 4.21 Å². The Morgan fingerprint density at radius 2 is 1.88 bits per heavy atom. The molecule has 0 aliphatic rings. The summed E-state index contributed by atoms with van der Waals surface area (Å²) in [4.78, 5) is 0. The third-order valence-corrected chi connectivity index (χ3v) is 3.06. The second kappa shape index (κ2) is 6.01. The number of benzene rings is 1. The minimum absolute atomic E-state index is 0.309. The van der Waals surface area contributed by atoms with Crippen molar-refractivity contribution in [3.8, 4) is 0 Å². The van der Waals surface area contributed by atoms with Crippen LogP contribution in [-0.2, 0) is 17.7 Å². The summed E-state index contributed by atoms with van der Waals surface area (Å²) in [6, 6.07) is 7.65. The van der Waals surface area contributed by atoms with Crippen LogP contribution in [0, 0.1) is 5.92 Å². The average molecular weight is 240 g/mol. The van der Waals surface area contributed by atoms with Crippen LogP contribution in [0.3, 0.4) is 0 Å². The lowest BCUT2D eigenvalue weighted by Gasteiger charge is -2.28. The lowest BCUT2D eigenvalue weighted by Crippen LogP contribution is -2.29. The molecular formula is C12H18NO2S-. The number of rotatable bonds is 5. The highest BCUT2D eigenvalue weighted by Crippen LogP contribution is 2.18. The number of aryl methyl sites for hydroxylation is 1. The Kier molecular flexibility index (Phi) is 4.96. The first-order valence-corrected chi connectivity index (χ1v) is 6.53. The first kappa shape index (κ1) is 13.2. The zero-order valence-corrected chi connectivity index (χ0v) is 10.8. The first-order valence-electron chi connectivity index (χ1n) is 5.50.